The van der Waals surface area contributed by atoms with Crippen LogP contribution >= 0.6 is 22.9 Å². The predicted octanol–water partition coefficient (Wildman–Crippen LogP) is 7.24. The summed E-state index contributed by atoms with van der Waals surface area (Å²) in [7, 11) is -3.80. The third-order valence-electron chi connectivity index (χ3n) is 14.3. The molecular weight excluding hydrogens is 976 g/mol. The zero-order chi connectivity index (χ0) is 49.7. The maximum Gasteiger partial charge on any atom is 0.349 e. The molecule has 5 atom stereocenters. The summed E-state index contributed by atoms with van der Waals surface area (Å²) < 4.78 is 47.9. The van der Waals surface area contributed by atoms with Crippen molar-refractivity contribution in [3.8, 4) is 16.2 Å². The number of halogens is 1. The van der Waals surface area contributed by atoms with Gasteiger partial charge in [0.15, 0.2) is 22.8 Å². The summed E-state index contributed by atoms with van der Waals surface area (Å²) in [5, 5.41) is 26.5. The molecule has 5 saturated heterocycles. The van der Waals surface area contributed by atoms with Gasteiger partial charge in [-0.25, -0.2) is 18.0 Å². The number of carbonyl (C=O) groups excluding carboxylic acids is 3. The quantitative estimate of drug-likeness (QED) is 0.0835. The Labute approximate surface area is 415 Å². The number of carboxylic acid groups (broad SMARTS) is 2. The maximum absolute atomic E-state index is 14.2. The van der Waals surface area contributed by atoms with Gasteiger partial charge in [-0.2, -0.15) is 9.29 Å². The largest absolute Gasteiger partial charge is 0.479 e. The number of amides is 3. The van der Waals surface area contributed by atoms with Crippen molar-refractivity contribution in [3.05, 3.63) is 99.4 Å². The van der Waals surface area contributed by atoms with Crippen LogP contribution in [0.1, 0.15) is 83.0 Å². The Morgan fingerprint density at radius 1 is 1.04 bits per heavy atom. The molecule has 0 saturated carbocycles. The molecule has 21 heteroatoms. The van der Waals surface area contributed by atoms with E-state index in [9.17, 15) is 37.5 Å². The Hall–Kier alpha value is -6.58. The van der Waals surface area contributed by atoms with E-state index in [0.717, 1.165) is 39.8 Å². The lowest BCUT2D eigenvalue weighted by atomic mass is 9.79. The van der Waals surface area contributed by atoms with Crippen molar-refractivity contribution >= 4 is 102 Å². The topological polar surface area (TPSA) is 238 Å². The Morgan fingerprint density at radius 3 is 2.61 bits per heavy atom. The Kier molecular flexibility index (Phi) is 11.6. The first-order valence-corrected chi connectivity index (χ1v) is 26.0. The molecule has 71 heavy (non-hydrogen) atoms. The van der Waals surface area contributed by atoms with Gasteiger partial charge in [-0.05, 0) is 98.0 Å². The molecule has 4 N–H and O–H groups in total. The number of aromatic nitrogens is 1. The molecule has 6 aromatic rings. The fourth-order valence-corrected chi connectivity index (χ4v) is 14.6. The number of aromatic carboxylic acids is 1. The summed E-state index contributed by atoms with van der Waals surface area (Å²) in [4.78, 5) is 70.4. The molecule has 2 aromatic heterocycles. The lowest BCUT2D eigenvalue weighted by molar-refractivity contribution is -0.139. The zero-order valence-corrected chi connectivity index (χ0v) is 40.7. The average molecular weight is 1020 g/mol. The monoisotopic (exact) mass is 1020 g/mol. The second-order valence-electron chi connectivity index (χ2n) is 19.3. The first-order chi connectivity index (χ1) is 33.9. The minimum atomic E-state index is -3.80. The lowest BCUT2D eigenvalue weighted by Crippen LogP contribution is -2.58. The third kappa shape index (κ3) is 8.34. The second kappa shape index (κ2) is 17.6. The molecule has 0 spiro atoms. The second-order valence-corrected chi connectivity index (χ2v) is 22.6. The highest BCUT2D eigenvalue weighted by atomic mass is 35.5. The van der Waals surface area contributed by atoms with Gasteiger partial charge in [0.2, 0.25) is 21.8 Å². The first-order valence-electron chi connectivity index (χ1n) is 23.2. The van der Waals surface area contributed by atoms with E-state index >= 15 is 0 Å². The van der Waals surface area contributed by atoms with E-state index in [1.54, 1.807) is 40.7 Å². The predicted molar refractivity (Wildman–Crippen MR) is 264 cm³/mol. The van der Waals surface area contributed by atoms with Gasteiger partial charge in [0.1, 0.15) is 16.6 Å². The summed E-state index contributed by atoms with van der Waals surface area (Å²) in [6.45, 7) is 4.30. The van der Waals surface area contributed by atoms with E-state index in [1.165, 1.54) is 4.90 Å². The smallest absolute Gasteiger partial charge is 0.349 e. The number of sulfonamides is 1. The van der Waals surface area contributed by atoms with Gasteiger partial charge in [-0.3, -0.25) is 24.6 Å². The summed E-state index contributed by atoms with van der Waals surface area (Å²) in [6.07, 6.45) is 1.94. The highest BCUT2D eigenvalue weighted by molar-refractivity contribution is 7.88. The number of nitrogens with zero attached hydrogens (tertiary/aromatic N) is 4. The van der Waals surface area contributed by atoms with Crippen molar-refractivity contribution in [2.24, 2.45) is 0 Å². The number of thiophene rings is 1. The summed E-state index contributed by atoms with van der Waals surface area (Å²) in [5.74, 6) is -4.07. The third-order valence-corrected chi connectivity index (χ3v) is 18.0. The molecule has 3 amide bonds. The number of hydrogen-bond acceptors (Lipinski definition) is 14. The molecule has 2 bridgehead atoms. The summed E-state index contributed by atoms with van der Waals surface area (Å²) in [6, 6.07) is 21.6. The number of morpholine rings is 1. The lowest BCUT2D eigenvalue weighted by Gasteiger charge is -2.49. The van der Waals surface area contributed by atoms with Gasteiger partial charge in [-0.15, -0.1) is 11.3 Å². The van der Waals surface area contributed by atoms with Gasteiger partial charge in [0.25, 0.3) is 11.9 Å². The molecule has 368 valence electrons. The van der Waals surface area contributed by atoms with Crippen molar-refractivity contribution in [2.75, 3.05) is 41.4 Å². The Morgan fingerprint density at radius 2 is 1.86 bits per heavy atom. The van der Waals surface area contributed by atoms with Crippen LogP contribution in [0.4, 0.5) is 17.4 Å². The fourth-order valence-electron chi connectivity index (χ4n) is 11.2. The molecule has 6 aliphatic heterocycles. The Balaban J connectivity index is 0.753. The highest BCUT2D eigenvalue weighted by Crippen LogP contribution is 2.49. The number of fused-ring (bicyclic) bond motifs is 4. The van der Waals surface area contributed by atoms with E-state index in [0.29, 0.717) is 70.4 Å². The summed E-state index contributed by atoms with van der Waals surface area (Å²) >= 11 is 7.43. The van der Waals surface area contributed by atoms with Crippen molar-refractivity contribution in [2.45, 2.75) is 87.4 Å². The van der Waals surface area contributed by atoms with Crippen LogP contribution in [0.5, 0.6) is 5.75 Å². The minimum Gasteiger partial charge on any atom is -0.479 e. The molecule has 4 aromatic carbocycles. The van der Waals surface area contributed by atoms with E-state index in [1.807, 2.05) is 50.2 Å². The standard InChI is InChI=1S/C50H47ClN6O12S2/c1-50(2)20-28(52-27-6-3-5-26(18-27)44-42(51)43(68-23-40(59)60)45(70-44)48(63)64)15-16-56(50)71(65,66)24-25-9-13-37-34(17-25)53-49(69-37)55-21-38-33(19-29(55)22-67-38)30-10-11-35-41-31(30)7-4-8-32(41)47(62)57(35)36-12-14-39(58)54-46(36)61/h3-11,13,17-18,28-29,33,36,38,52H,12,14-16,19-24H2,1-2H3,(H,59,60)(H,63,64)(H,54,58,61). The van der Waals surface area contributed by atoms with E-state index < -0.39 is 46.1 Å². The van der Waals surface area contributed by atoms with Gasteiger partial charge < -0.3 is 34.3 Å². The van der Waals surface area contributed by atoms with Crippen molar-refractivity contribution in [1.29, 1.82) is 0 Å². The van der Waals surface area contributed by atoms with Crippen molar-refractivity contribution < 1.29 is 56.5 Å². The van der Waals surface area contributed by atoms with Crippen LogP contribution in [0, 0.1) is 0 Å². The van der Waals surface area contributed by atoms with Gasteiger partial charge >= 0.3 is 11.9 Å². The van der Waals surface area contributed by atoms with Gasteiger partial charge in [0.05, 0.1) is 35.1 Å². The number of ether oxygens (including phenoxy) is 2. The molecular formula is C50H47ClN6O12S2. The zero-order valence-electron chi connectivity index (χ0n) is 38.3. The number of oxazole rings is 1. The summed E-state index contributed by atoms with van der Waals surface area (Å²) in [5.41, 5.74) is 4.46. The number of nitrogens with one attached hydrogen (secondary N) is 2. The average Bonchev–Trinajstić information content (AvgIpc) is 3.99. The van der Waals surface area contributed by atoms with E-state index in [2.05, 4.69) is 15.5 Å². The number of piperidine rings is 3. The minimum absolute atomic E-state index is 0.00201. The van der Waals surface area contributed by atoms with Crippen molar-refractivity contribution in [3.63, 3.8) is 0 Å². The number of imide groups is 1. The van der Waals surface area contributed by atoms with E-state index in [4.69, 9.17) is 35.6 Å². The number of aliphatic carboxylic acids is 1. The normalized spacial score (nSPS) is 23.1. The Bertz CT molecular complexity index is 3360. The first kappa shape index (κ1) is 46.8. The van der Waals surface area contributed by atoms with E-state index in [-0.39, 0.29) is 76.7 Å². The van der Waals surface area contributed by atoms with Crippen LogP contribution in [-0.2, 0) is 34.9 Å². The fraction of sp³-hybridized carbons (Fsp3) is 0.360. The number of benzene rings is 4. The van der Waals surface area contributed by atoms with Crippen LogP contribution in [0.3, 0.4) is 0 Å². The maximum atomic E-state index is 14.2. The number of hydrogen-bond donors (Lipinski definition) is 4. The SMILES string of the molecule is CC1(C)CC(Nc2cccc(-c3sc(C(=O)O)c(OCC(=O)O)c3Cl)c2)CCN1S(=O)(=O)Cc1ccc2oc(N3CC4OCC3CC4c3ccc4c5c(cccc35)C(=O)N4C3CCC(=O)NC3=O)nc2c1. The van der Waals surface area contributed by atoms with Crippen LogP contribution in [0.15, 0.2) is 77.2 Å². The van der Waals surface area contributed by atoms with Gasteiger partial charge in [0, 0.05) is 53.6 Å². The van der Waals surface area contributed by atoms with Crippen molar-refractivity contribution in [1.82, 2.24) is 14.6 Å². The number of carbonyl (C=O) groups is 5. The highest BCUT2D eigenvalue weighted by Gasteiger charge is 2.47. The van der Waals surface area contributed by atoms with Crippen LogP contribution in [0.2, 0.25) is 5.02 Å². The number of rotatable bonds is 13. The molecule has 12 rings (SSSR count). The number of anilines is 3. The van der Waals surface area contributed by atoms with Gasteiger partial charge in [-0.1, -0.05) is 48.0 Å². The molecule has 8 heterocycles. The number of carboxylic acids is 2. The molecule has 0 aliphatic carbocycles. The van der Waals surface area contributed by atoms with Crippen LogP contribution in [0.25, 0.3) is 32.3 Å². The molecule has 5 unspecified atom stereocenters. The molecule has 5 fully saturated rings. The molecule has 18 nitrogen and oxygen atoms in total. The van der Waals surface area contributed by atoms with Crippen LogP contribution < -0.4 is 25.2 Å². The molecule has 0 radical (unpaired) electrons. The van der Waals surface area contributed by atoms with Crippen LogP contribution in [-0.4, -0.2) is 114 Å². The molecule has 6 aliphatic rings.